The van der Waals surface area contributed by atoms with Crippen LogP contribution >= 0.6 is 0 Å². The zero-order chi connectivity index (χ0) is 17.6. The number of para-hydroxylation sites is 1. The average molecular weight is 336 g/mol. The second-order valence-corrected chi connectivity index (χ2v) is 5.83. The van der Waals surface area contributed by atoms with Crippen molar-refractivity contribution in [3.63, 3.8) is 0 Å². The molecule has 3 aromatic rings. The molecule has 25 heavy (non-hydrogen) atoms. The van der Waals surface area contributed by atoms with Gasteiger partial charge in [0.05, 0.1) is 6.54 Å². The van der Waals surface area contributed by atoms with Crippen LogP contribution in [0.3, 0.4) is 0 Å². The van der Waals surface area contributed by atoms with Gasteiger partial charge < -0.3 is 14.2 Å². The number of aryl methyl sites for hydroxylation is 1. The lowest BCUT2D eigenvalue weighted by molar-refractivity contribution is -0.132. The van der Waals surface area contributed by atoms with Gasteiger partial charge in [-0.25, -0.2) is 0 Å². The molecule has 1 amide bonds. The van der Waals surface area contributed by atoms with E-state index in [1.165, 1.54) is 0 Å². The SMILES string of the molecule is Cc1cc(CN(C)C(=O)COc2ccccc2-c2ccccc2)no1. The minimum atomic E-state index is -0.122. The Morgan fingerprint density at radius 1 is 1.12 bits per heavy atom. The van der Waals surface area contributed by atoms with Gasteiger partial charge in [-0.3, -0.25) is 4.79 Å². The maximum Gasteiger partial charge on any atom is 0.260 e. The zero-order valence-corrected chi connectivity index (χ0v) is 14.3. The molecule has 0 spiro atoms. The molecule has 2 aromatic carbocycles. The van der Waals surface area contributed by atoms with E-state index < -0.39 is 0 Å². The van der Waals surface area contributed by atoms with E-state index in [9.17, 15) is 4.79 Å². The van der Waals surface area contributed by atoms with Crippen molar-refractivity contribution in [2.45, 2.75) is 13.5 Å². The summed E-state index contributed by atoms with van der Waals surface area (Å²) < 4.78 is 10.8. The Kier molecular flexibility index (Phi) is 5.14. The Morgan fingerprint density at radius 3 is 2.56 bits per heavy atom. The summed E-state index contributed by atoms with van der Waals surface area (Å²) in [6, 6.07) is 19.5. The van der Waals surface area contributed by atoms with Crippen molar-refractivity contribution in [2.24, 2.45) is 0 Å². The summed E-state index contributed by atoms with van der Waals surface area (Å²) in [5.74, 6) is 1.29. The van der Waals surface area contributed by atoms with Gasteiger partial charge in [-0.2, -0.15) is 0 Å². The summed E-state index contributed by atoms with van der Waals surface area (Å²) >= 11 is 0. The van der Waals surface area contributed by atoms with E-state index in [1.54, 1.807) is 11.9 Å². The highest BCUT2D eigenvalue weighted by atomic mass is 16.5. The topological polar surface area (TPSA) is 55.6 Å². The third kappa shape index (κ3) is 4.26. The van der Waals surface area contributed by atoms with Crippen molar-refractivity contribution in [2.75, 3.05) is 13.7 Å². The van der Waals surface area contributed by atoms with Crippen LogP contribution in [0.25, 0.3) is 11.1 Å². The maximum atomic E-state index is 12.3. The first-order valence-corrected chi connectivity index (χ1v) is 8.07. The van der Waals surface area contributed by atoms with Crippen LogP contribution in [0.15, 0.2) is 65.2 Å². The van der Waals surface area contributed by atoms with Crippen LogP contribution in [0, 0.1) is 6.92 Å². The van der Waals surface area contributed by atoms with Gasteiger partial charge in [-0.15, -0.1) is 0 Å². The number of nitrogens with zero attached hydrogens (tertiary/aromatic N) is 2. The molecule has 0 saturated carbocycles. The van der Waals surface area contributed by atoms with E-state index in [4.69, 9.17) is 9.26 Å². The van der Waals surface area contributed by atoms with E-state index in [1.807, 2.05) is 67.6 Å². The maximum absolute atomic E-state index is 12.3. The fourth-order valence-corrected chi connectivity index (χ4v) is 2.52. The number of carbonyl (C=O) groups is 1. The van der Waals surface area contributed by atoms with Crippen LogP contribution in [-0.2, 0) is 11.3 Å². The van der Waals surface area contributed by atoms with E-state index in [-0.39, 0.29) is 12.5 Å². The molecule has 0 radical (unpaired) electrons. The highest BCUT2D eigenvalue weighted by Gasteiger charge is 2.14. The molecule has 0 atom stereocenters. The second kappa shape index (κ2) is 7.66. The quantitative estimate of drug-likeness (QED) is 0.689. The summed E-state index contributed by atoms with van der Waals surface area (Å²) in [6.45, 7) is 2.18. The molecule has 0 bridgehead atoms. The highest BCUT2D eigenvalue weighted by Crippen LogP contribution is 2.29. The van der Waals surface area contributed by atoms with Crippen molar-refractivity contribution in [3.05, 3.63) is 72.1 Å². The molecule has 5 heteroatoms. The third-order valence-corrected chi connectivity index (χ3v) is 3.82. The van der Waals surface area contributed by atoms with Crippen molar-refractivity contribution >= 4 is 5.91 Å². The third-order valence-electron chi connectivity index (χ3n) is 3.82. The van der Waals surface area contributed by atoms with E-state index in [2.05, 4.69) is 5.16 Å². The molecule has 0 aliphatic rings. The molecule has 0 aliphatic heterocycles. The van der Waals surface area contributed by atoms with Crippen LogP contribution in [0.1, 0.15) is 11.5 Å². The van der Waals surface area contributed by atoms with Crippen LogP contribution in [0.4, 0.5) is 0 Å². The van der Waals surface area contributed by atoms with E-state index in [0.29, 0.717) is 12.3 Å². The minimum absolute atomic E-state index is 0.0306. The van der Waals surface area contributed by atoms with Crippen molar-refractivity contribution < 1.29 is 14.1 Å². The van der Waals surface area contributed by atoms with Gasteiger partial charge in [0.2, 0.25) is 0 Å². The van der Waals surface area contributed by atoms with Gasteiger partial charge in [0, 0.05) is 18.7 Å². The van der Waals surface area contributed by atoms with Crippen LogP contribution in [0.2, 0.25) is 0 Å². The lowest BCUT2D eigenvalue weighted by Gasteiger charge is -2.17. The Labute approximate surface area is 146 Å². The van der Waals surface area contributed by atoms with E-state index >= 15 is 0 Å². The Hall–Kier alpha value is -3.08. The first kappa shape index (κ1) is 16.8. The molecule has 1 heterocycles. The van der Waals surface area contributed by atoms with E-state index in [0.717, 1.165) is 22.6 Å². The first-order valence-electron chi connectivity index (χ1n) is 8.07. The number of rotatable bonds is 6. The number of hydrogen-bond acceptors (Lipinski definition) is 4. The average Bonchev–Trinajstić information content (AvgIpc) is 3.05. The molecule has 3 rings (SSSR count). The molecule has 0 aliphatic carbocycles. The number of amides is 1. The summed E-state index contributed by atoms with van der Waals surface area (Å²) in [7, 11) is 1.72. The minimum Gasteiger partial charge on any atom is -0.483 e. The number of benzene rings is 2. The number of aromatic nitrogens is 1. The number of hydrogen-bond donors (Lipinski definition) is 0. The molecule has 0 N–H and O–H groups in total. The molecular formula is C20H20N2O3. The predicted octanol–water partition coefficient (Wildman–Crippen LogP) is 3.69. The predicted molar refractivity (Wildman–Crippen MR) is 95.1 cm³/mol. The normalized spacial score (nSPS) is 10.5. The van der Waals surface area contributed by atoms with Gasteiger partial charge >= 0.3 is 0 Å². The van der Waals surface area contributed by atoms with Crippen LogP contribution < -0.4 is 4.74 Å². The number of carbonyl (C=O) groups excluding carboxylic acids is 1. The van der Waals surface area contributed by atoms with Gasteiger partial charge in [0.1, 0.15) is 17.2 Å². The molecule has 0 unspecified atom stereocenters. The largest absolute Gasteiger partial charge is 0.483 e. The Bertz CT molecular complexity index is 843. The zero-order valence-electron chi connectivity index (χ0n) is 14.3. The van der Waals surface area contributed by atoms with Crippen LogP contribution in [0.5, 0.6) is 5.75 Å². The smallest absolute Gasteiger partial charge is 0.260 e. The second-order valence-electron chi connectivity index (χ2n) is 5.83. The monoisotopic (exact) mass is 336 g/mol. The number of ether oxygens (including phenoxy) is 1. The van der Waals surface area contributed by atoms with Gasteiger partial charge in [0.15, 0.2) is 6.61 Å². The Morgan fingerprint density at radius 2 is 1.84 bits per heavy atom. The fourth-order valence-electron chi connectivity index (χ4n) is 2.52. The Balaban J connectivity index is 1.64. The molecule has 128 valence electrons. The highest BCUT2D eigenvalue weighted by molar-refractivity contribution is 5.78. The lowest BCUT2D eigenvalue weighted by atomic mass is 10.1. The van der Waals surface area contributed by atoms with Crippen molar-refractivity contribution in [1.29, 1.82) is 0 Å². The lowest BCUT2D eigenvalue weighted by Crippen LogP contribution is -2.31. The summed E-state index contributed by atoms with van der Waals surface area (Å²) in [5, 5.41) is 3.90. The first-order chi connectivity index (χ1) is 12.1. The summed E-state index contributed by atoms with van der Waals surface area (Å²) in [5.41, 5.74) is 2.74. The van der Waals surface area contributed by atoms with Gasteiger partial charge in [-0.1, -0.05) is 53.7 Å². The fraction of sp³-hybridized carbons (Fsp3) is 0.200. The van der Waals surface area contributed by atoms with Gasteiger partial charge in [-0.05, 0) is 18.6 Å². The standard InChI is InChI=1S/C20H20N2O3/c1-15-12-17(21-25-15)13-22(2)20(23)14-24-19-11-7-6-10-18(19)16-8-4-3-5-9-16/h3-12H,13-14H2,1-2H3. The van der Waals surface area contributed by atoms with Gasteiger partial charge in [0.25, 0.3) is 5.91 Å². The molecule has 1 aromatic heterocycles. The molecular weight excluding hydrogens is 316 g/mol. The summed E-state index contributed by atoms with van der Waals surface area (Å²) in [4.78, 5) is 13.9. The molecule has 0 fully saturated rings. The summed E-state index contributed by atoms with van der Waals surface area (Å²) in [6.07, 6.45) is 0. The van der Waals surface area contributed by atoms with Crippen molar-refractivity contribution in [1.82, 2.24) is 10.1 Å². The molecule has 0 saturated heterocycles. The van der Waals surface area contributed by atoms with Crippen LogP contribution in [-0.4, -0.2) is 29.6 Å². The van der Waals surface area contributed by atoms with Crippen molar-refractivity contribution in [3.8, 4) is 16.9 Å². The number of likely N-dealkylation sites (N-methyl/N-ethyl adjacent to an activating group) is 1. The molecule has 5 nitrogen and oxygen atoms in total.